The van der Waals surface area contributed by atoms with Gasteiger partial charge in [0.25, 0.3) is 17.0 Å². The number of aromatic nitrogens is 4. The Hall–Kier alpha value is -2.71. The highest BCUT2D eigenvalue weighted by molar-refractivity contribution is 8.09. The van der Waals surface area contributed by atoms with E-state index in [0.717, 1.165) is 9.13 Å². The molecule has 43 heteroatoms. The van der Waals surface area contributed by atoms with Gasteiger partial charge in [-0.25, -0.2) is 14.4 Å². The average Bonchev–Trinajstić information content (AvgIpc) is 3.56. The largest absolute Gasteiger partial charge is 0.363 e. The van der Waals surface area contributed by atoms with E-state index in [4.69, 9.17) is 114 Å². The van der Waals surface area contributed by atoms with Crippen LogP contribution in [0.5, 0.6) is 0 Å². The summed E-state index contributed by atoms with van der Waals surface area (Å²) in [5, 5.41) is 11.1. The van der Waals surface area contributed by atoms with Gasteiger partial charge in [-0.3, -0.25) is 44.1 Å². The number of urea groups is 1. The molecule has 7 aliphatic heterocycles. The first-order chi connectivity index (χ1) is 38.9. The molecule has 7 aliphatic rings. The second-order valence-corrected chi connectivity index (χ2v) is 32.3. The van der Waals surface area contributed by atoms with E-state index in [-0.39, 0.29) is 61.6 Å². The SMILES string of the molecule is Cc1cn([C@H]2CC(OP(C)(O)=S)[C@@H](COP(O)(=S)O[C@@H]3C[C@H](n4cc(C)c(=O)[nH]c4=O)O[C@@H]3COP(O)(=S)OC3C[C@H](N4CNC5=C4NC(N)NC5=O)O[C@@H]3COP(O)(=S)OC3C[C@H](N4C=CC(N)NC4=O)O[C@@H]3COP)O2)c(=O)[nH]c1=O. The van der Waals surface area contributed by atoms with Gasteiger partial charge in [-0.05, 0) is 67.2 Å². The number of hydrogen-bond acceptors (Lipinski definition) is 27. The third-order valence-corrected chi connectivity index (χ3v) is 19.5. The molecule has 19 atom stereocenters. The van der Waals surface area contributed by atoms with E-state index in [1.165, 1.54) is 44.0 Å². The number of nitrogens with zero attached hydrogens (tertiary/aromatic N) is 4. The Balaban J connectivity index is 0.902. The lowest BCUT2D eigenvalue weighted by atomic mass is 10.2. The molecular weight excluding hydrogens is 1280 g/mol. The lowest BCUT2D eigenvalue weighted by Crippen LogP contribution is -2.57. The number of ether oxygens (including phenoxy) is 4. The van der Waals surface area contributed by atoms with Crippen molar-refractivity contribution in [2.45, 2.75) is 126 Å². The monoisotopic (exact) mass is 1340 g/mol. The normalized spacial score (nSPS) is 33.7. The molecule has 10 unspecified atom stereocenters. The number of aryl methyl sites for hydroxylation is 2. The zero-order valence-electron chi connectivity index (χ0n) is 43.8. The van der Waals surface area contributed by atoms with Crippen molar-refractivity contribution in [2.75, 3.05) is 39.8 Å². The minimum atomic E-state index is -4.46. The second-order valence-electron chi connectivity index (χ2n) is 19.8. The Bertz CT molecular complexity index is 3320. The lowest BCUT2D eigenvalue weighted by Gasteiger charge is -2.31. The number of aromatic amines is 2. The molecular formula is C40H61N12O22P5S4. The highest BCUT2D eigenvalue weighted by Gasteiger charge is 2.49. The minimum absolute atomic E-state index is 0.0198. The van der Waals surface area contributed by atoms with E-state index >= 15 is 0 Å². The van der Waals surface area contributed by atoms with Crippen LogP contribution >= 0.6 is 36.1 Å². The van der Waals surface area contributed by atoms with E-state index in [9.17, 15) is 48.3 Å². The number of hydrogen-bond donors (Lipinski definition) is 12. The summed E-state index contributed by atoms with van der Waals surface area (Å²) in [7, 11) is 2.08. The number of amides is 3. The third-order valence-electron chi connectivity index (χ3n) is 13.6. The number of carbonyl (C=O) groups is 2. The lowest BCUT2D eigenvalue weighted by molar-refractivity contribution is -0.119. The van der Waals surface area contributed by atoms with E-state index in [1.54, 1.807) is 11.0 Å². The summed E-state index contributed by atoms with van der Waals surface area (Å²) in [5.74, 6) is -0.222. The zero-order chi connectivity index (χ0) is 60.1. The standard InChI is InChI=1S/C40H61N12O22P5S4/c1-17-10-50(39(57)47-34(17)53)29-6-19(71-76(3,59)80)24(68-29)13-64-78(61,82)73-21-8-30(51-11-18(2)35(54)48-40(51)58)69-25(21)14-65-79(62,83)74-22-9-31(52-16-43-32-33(52)45-37(42)46-36(32)55)70-26(22)15-66-77(60,81)72-20-7-28(67-23(20)12-63-75)49-5-4-27(41)44-38(49)56/h4-5,10-11,19-31,37,43,45H,6-9,12-16,41-42,75H2,1-3H3,(H,44,56)(H,46,55)(H,59,80)(H,60,81)(H,61,82)(H,62,83)(H,47,53,57)(H,48,54,58)/t19?,20?,21-,22?,23-,24-,25-,26-,27?,28-,29-,30-,31-,37?,76?,77?,78?,79?/m1/s1. The van der Waals surface area contributed by atoms with E-state index in [2.05, 4.69) is 40.7 Å². The predicted octanol–water partition coefficient (Wildman–Crippen LogP) is -2.69. The summed E-state index contributed by atoms with van der Waals surface area (Å²) in [6.07, 6.45) is -9.67. The van der Waals surface area contributed by atoms with Crippen LogP contribution in [0, 0.1) is 13.8 Å². The first kappa shape index (κ1) is 64.8. The van der Waals surface area contributed by atoms with Crippen molar-refractivity contribution >= 4 is 95.3 Å². The molecule has 0 aliphatic carbocycles. The van der Waals surface area contributed by atoms with Crippen LogP contribution in [0.4, 0.5) is 4.79 Å². The number of nitrogens with one attached hydrogen (secondary N) is 6. The molecule has 9 heterocycles. The van der Waals surface area contributed by atoms with Gasteiger partial charge in [-0.15, -0.1) is 0 Å². The Labute approximate surface area is 493 Å². The van der Waals surface area contributed by atoms with Crippen LogP contribution in [0.2, 0.25) is 0 Å². The summed E-state index contributed by atoms with van der Waals surface area (Å²) < 4.78 is 73.6. The molecule has 4 fully saturated rings. The summed E-state index contributed by atoms with van der Waals surface area (Å²) in [6.45, 7) is -14.0. The molecule has 14 N–H and O–H groups in total. The Morgan fingerprint density at radius 3 is 1.54 bits per heavy atom. The quantitative estimate of drug-likeness (QED) is 0.0504. The first-order valence-electron chi connectivity index (χ1n) is 25.1. The van der Waals surface area contributed by atoms with Gasteiger partial charge >= 0.3 is 37.6 Å². The molecule has 83 heavy (non-hydrogen) atoms. The Morgan fingerprint density at radius 1 is 0.639 bits per heavy atom. The van der Waals surface area contributed by atoms with Crippen LogP contribution < -0.4 is 55.2 Å². The van der Waals surface area contributed by atoms with Crippen LogP contribution in [0.3, 0.4) is 0 Å². The van der Waals surface area contributed by atoms with Gasteiger partial charge in [0.05, 0.1) is 63.7 Å². The molecule has 0 spiro atoms. The number of rotatable bonds is 23. The van der Waals surface area contributed by atoms with Crippen molar-refractivity contribution in [1.29, 1.82) is 0 Å². The van der Waals surface area contributed by atoms with Crippen molar-refractivity contribution in [1.82, 2.24) is 50.2 Å². The smallest absolute Gasteiger partial charge is 0.330 e. The van der Waals surface area contributed by atoms with Crippen LogP contribution in [0.25, 0.3) is 0 Å². The number of H-pyrrole nitrogens is 2. The Morgan fingerprint density at radius 2 is 1.07 bits per heavy atom. The highest BCUT2D eigenvalue weighted by atomic mass is 32.5. The minimum Gasteiger partial charge on any atom is -0.363 e. The van der Waals surface area contributed by atoms with Gasteiger partial charge in [0.2, 0.25) is 0 Å². The fourth-order valence-electron chi connectivity index (χ4n) is 9.80. The fraction of sp³-hybridized carbons (Fsp3) is 0.650. The van der Waals surface area contributed by atoms with Crippen molar-refractivity contribution < 1.29 is 84.3 Å². The fourth-order valence-corrected chi connectivity index (χ4v) is 15.5. The molecule has 9 rings (SSSR count). The van der Waals surface area contributed by atoms with E-state index in [1.807, 2.05) is 0 Å². The molecule has 0 bridgehead atoms. The average molecular weight is 1350 g/mol. The van der Waals surface area contributed by atoms with Gasteiger partial charge in [-0.1, -0.05) is 0 Å². The van der Waals surface area contributed by atoms with Crippen molar-refractivity contribution in [3.8, 4) is 0 Å². The van der Waals surface area contributed by atoms with Crippen molar-refractivity contribution in [3.63, 3.8) is 0 Å². The topological polar surface area (TPSA) is 442 Å². The van der Waals surface area contributed by atoms with Crippen LogP contribution in [0.15, 0.2) is 55.4 Å². The van der Waals surface area contributed by atoms with Gasteiger partial charge in [-0.2, -0.15) is 0 Å². The molecule has 0 radical (unpaired) electrons. The van der Waals surface area contributed by atoms with Crippen LogP contribution in [0.1, 0.15) is 49.3 Å². The van der Waals surface area contributed by atoms with E-state index < -0.39 is 167 Å². The highest BCUT2D eigenvalue weighted by Crippen LogP contribution is 2.54. The zero-order valence-corrected chi connectivity index (χ0v) is 51.8. The van der Waals surface area contributed by atoms with Crippen molar-refractivity contribution in [3.05, 3.63) is 89.0 Å². The molecule has 2 aromatic rings. The first-order valence-corrected chi connectivity index (χ1v) is 36.4. The summed E-state index contributed by atoms with van der Waals surface area (Å²) in [6, 6.07) is -0.540. The molecule has 3 amide bonds. The third kappa shape index (κ3) is 16.0. The molecule has 2 aromatic heterocycles. The molecule has 462 valence electrons. The maximum absolute atomic E-state index is 13.1. The molecule has 4 saturated heterocycles. The van der Waals surface area contributed by atoms with Crippen LogP contribution in [-0.4, -0.2) is 174 Å². The molecule has 34 nitrogen and oxygen atoms in total. The molecule has 0 saturated carbocycles. The number of nitrogens with two attached hydrogens (primary N) is 2. The van der Waals surface area contributed by atoms with Gasteiger partial charge < -0.3 is 107 Å². The Kier molecular flexibility index (Phi) is 20.4. The summed E-state index contributed by atoms with van der Waals surface area (Å²) in [5.41, 5.74) is 9.40. The van der Waals surface area contributed by atoms with Crippen molar-refractivity contribution in [2.24, 2.45) is 11.5 Å². The van der Waals surface area contributed by atoms with Gasteiger partial charge in [0.15, 0.2) is 12.8 Å². The predicted molar refractivity (Wildman–Crippen MR) is 304 cm³/mol. The van der Waals surface area contributed by atoms with Gasteiger partial charge in [0.1, 0.15) is 60.8 Å². The second kappa shape index (κ2) is 26.2. The maximum Gasteiger partial charge on any atom is 0.330 e. The van der Waals surface area contributed by atoms with Gasteiger partial charge in [0, 0.05) is 71.5 Å². The summed E-state index contributed by atoms with van der Waals surface area (Å²) >= 11 is 21.6. The van der Waals surface area contributed by atoms with Crippen LogP contribution in [-0.2, 0) is 107 Å². The maximum atomic E-state index is 13.1. The molecule has 0 aromatic carbocycles. The summed E-state index contributed by atoms with van der Waals surface area (Å²) in [4.78, 5) is 129. The number of carbonyl (C=O) groups excluding carboxylic acids is 2. The van der Waals surface area contributed by atoms with E-state index in [0.29, 0.717) is 0 Å².